The highest BCUT2D eigenvalue weighted by Gasteiger charge is 2.29. The van der Waals surface area contributed by atoms with Gasteiger partial charge in [0.15, 0.2) is 0 Å². The highest BCUT2D eigenvalue weighted by Crippen LogP contribution is 2.38. The minimum absolute atomic E-state index is 0.193. The van der Waals surface area contributed by atoms with E-state index in [1.807, 2.05) is 0 Å². The molecule has 1 N–H and O–H groups in total. The zero-order chi connectivity index (χ0) is 15.9. The summed E-state index contributed by atoms with van der Waals surface area (Å²) in [4.78, 5) is 17.8. The number of aryl methyl sites for hydroxylation is 2. The quantitative estimate of drug-likeness (QED) is 0.909. The molecule has 0 spiro atoms. The molecule has 118 valence electrons. The van der Waals surface area contributed by atoms with Crippen LogP contribution in [0.2, 0.25) is 0 Å². The second-order valence-corrected chi connectivity index (χ2v) is 8.52. The van der Waals surface area contributed by atoms with E-state index in [1.165, 1.54) is 23.1 Å². The van der Waals surface area contributed by atoms with Crippen LogP contribution in [-0.2, 0) is 24.1 Å². The van der Waals surface area contributed by atoms with Crippen molar-refractivity contribution in [1.29, 1.82) is 0 Å². The fraction of sp³-hybridized carbons (Fsp3) is 0.556. The van der Waals surface area contributed by atoms with Crippen molar-refractivity contribution >= 4 is 27.5 Å². The van der Waals surface area contributed by atoms with Gasteiger partial charge >= 0.3 is 5.97 Å². The van der Waals surface area contributed by atoms with Gasteiger partial charge in [0.2, 0.25) is 0 Å². The summed E-state index contributed by atoms with van der Waals surface area (Å²) in [6.45, 7) is 6.97. The SMILES string of the molecule is CC(C)(C)C1CCc2nc3sc(CCC(=O)O)cc3cc2C1. The maximum atomic E-state index is 10.7. The average Bonchev–Trinajstić information content (AvgIpc) is 2.82. The van der Waals surface area contributed by atoms with E-state index in [0.717, 1.165) is 22.5 Å². The average molecular weight is 317 g/mol. The van der Waals surface area contributed by atoms with E-state index in [9.17, 15) is 4.79 Å². The second-order valence-electron chi connectivity index (χ2n) is 7.40. The summed E-state index contributed by atoms with van der Waals surface area (Å²) in [5, 5.41) is 10.00. The lowest BCUT2D eigenvalue weighted by atomic mass is 9.71. The van der Waals surface area contributed by atoms with Crippen molar-refractivity contribution in [2.75, 3.05) is 0 Å². The normalized spacial score (nSPS) is 18.4. The third kappa shape index (κ3) is 3.17. The summed E-state index contributed by atoms with van der Waals surface area (Å²) < 4.78 is 0. The number of pyridine rings is 1. The number of carboxylic acids is 1. The minimum atomic E-state index is -0.738. The number of aliphatic carboxylic acids is 1. The molecule has 0 saturated carbocycles. The first kappa shape index (κ1) is 15.5. The molecule has 1 unspecified atom stereocenters. The van der Waals surface area contributed by atoms with Crippen molar-refractivity contribution < 1.29 is 9.90 Å². The molecule has 0 radical (unpaired) electrons. The van der Waals surface area contributed by atoms with Gasteiger partial charge in [0.1, 0.15) is 4.83 Å². The van der Waals surface area contributed by atoms with Crippen LogP contribution in [0.4, 0.5) is 0 Å². The number of fused-ring (bicyclic) bond motifs is 2. The van der Waals surface area contributed by atoms with E-state index in [4.69, 9.17) is 10.1 Å². The standard InChI is InChI=1S/C18H23NO2S/c1-18(2,3)13-4-6-15-11(9-13)8-12-10-14(5-7-16(20)21)22-17(12)19-15/h8,10,13H,4-7,9H2,1-3H3,(H,20,21). The molecule has 22 heavy (non-hydrogen) atoms. The molecular weight excluding hydrogens is 294 g/mol. The summed E-state index contributed by atoms with van der Waals surface area (Å²) in [5.74, 6) is -0.0258. The Kier molecular flexibility index (Phi) is 3.98. The number of hydrogen-bond acceptors (Lipinski definition) is 3. The Morgan fingerprint density at radius 3 is 2.86 bits per heavy atom. The largest absolute Gasteiger partial charge is 0.481 e. The van der Waals surface area contributed by atoms with E-state index in [-0.39, 0.29) is 6.42 Å². The first-order chi connectivity index (χ1) is 10.3. The summed E-state index contributed by atoms with van der Waals surface area (Å²) in [5.41, 5.74) is 2.98. The van der Waals surface area contributed by atoms with Crippen molar-refractivity contribution in [3.63, 3.8) is 0 Å². The third-order valence-electron chi connectivity index (χ3n) is 4.73. The van der Waals surface area contributed by atoms with Crippen molar-refractivity contribution in [2.45, 2.75) is 52.9 Å². The Morgan fingerprint density at radius 2 is 2.18 bits per heavy atom. The van der Waals surface area contributed by atoms with Crippen molar-refractivity contribution in [3.05, 3.63) is 28.3 Å². The Hall–Kier alpha value is -1.42. The summed E-state index contributed by atoms with van der Waals surface area (Å²) >= 11 is 1.64. The predicted octanol–water partition coefficient (Wildman–Crippen LogP) is 4.46. The molecule has 2 aromatic rings. The molecule has 3 rings (SSSR count). The molecule has 4 heteroatoms. The number of carbonyl (C=O) groups is 1. The van der Waals surface area contributed by atoms with Crippen LogP contribution in [0.1, 0.15) is 49.7 Å². The minimum Gasteiger partial charge on any atom is -0.481 e. The molecule has 1 aliphatic rings. The van der Waals surface area contributed by atoms with E-state index in [1.54, 1.807) is 11.3 Å². The summed E-state index contributed by atoms with van der Waals surface area (Å²) in [7, 11) is 0. The molecule has 0 saturated heterocycles. The zero-order valence-corrected chi connectivity index (χ0v) is 14.3. The topological polar surface area (TPSA) is 50.2 Å². The van der Waals surface area contributed by atoms with E-state index in [2.05, 4.69) is 32.9 Å². The van der Waals surface area contributed by atoms with Crippen LogP contribution in [0.3, 0.4) is 0 Å². The van der Waals surface area contributed by atoms with E-state index < -0.39 is 5.97 Å². The lowest BCUT2D eigenvalue weighted by molar-refractivity contribution is -0.136. The molecule has 2 aromatic heterocycles. The molecule has 0 bridgehead atoms. The van der Waals surface area contributed by atoms with Gasteiger partial charge in [0.25, 0.3) is 0 Å². The van der Waals surface area contributed by atoms with E-state index >= 15 is 0 Å². The lowest BCUT2D eigenvalue weighted by Gasteiger charge is -2.34. The van der Waals surface area contributed by atoms with Crippen LogP contribution in [0.15, 0.2) is 12.1 Å². The Balaban J connectivity index is 1.88. The van der Waals surface area contributed by atoms with Gasteiger partial charge in [0, 0.05) is 16.0 Å². The fourth-order valence-corrected chi connectivity index (χ4v) is 4.30. The molecule has 3 nitrogen and oxygen atoms in total. The van der Waals surface area contributed by atoms with Gasteiger partial charge in [-0.15, -0.1) is 11.3 Å². The van der Waals surface area contributed by atoms with Crippen molar-refractivity contribution in [1.82, 2.24) is 4.98 Å². The van der Waals surface area contributed by atoms with Crippen LogP contribution in [0, 0.1) is 11.3 Å². The smallest absolute Gasteiger partial charge is 0.303 e. The maximum absolute atomic E-state index is 10.7. The van der Waals surface area contributed by atoms with E-state index in [0.29, 0.717) is 17.8 Å². The second kappa shape index (κ2) is 5.65. The van der Waals surface area contributed by atoms with Gasteiger partial charge in [-0.1, -0.05) is 20.8 Å². The fourth-order valence-electron chi connectivity index (χ4n) is 3.27. The zero-order valence-electron chi connectivity index (χ0n) is 13.5. The summed E-state index contributed by atoms with van der Waals surface area (Å²) in [6, 6.07) is 4.41. The lowest BCUT2D eigenvalue weighted by Crippen LogP contribution is -2.27. The number of thiophene rings is 1. The molecule has 0 fully saturated rings. The first-order valence-electron chi connectivity index (χ1n) is 7.96. The molecule has 1 atom stereocenters. The number of hydrogen-bond donors (Lipinski definition) is 1. The molecule has 0 amide bonds. The van der Waals surface area contributed by atoms with Crippen LogP contribution in [-0.4, -0.2) is 16.1 Å². The monoisotopic (exact) mass is 317 g/mol. The predicted molar refractivity (Wildman–Crippen MR) is 90.5 cm³/mol. The van der Waals surface area contributed by atoms with Gasteiger partial charge in [-0.2, -0.15) is 0 Å². The Bertz CT molecular complexity index is 712. The number of rotatable bonds is 3. The summed E-state index contributed by atoms with van der Waals surface area (Å²) in [6.07, 6.45) is 4.19. The third-order valence-corrected chi connectivity index (χ3v) is 5.84. The van der Waals surface area contributed by atoms with Gasteiger partial charge < -0.3 is 5.11 Å². The first-order valence-corrected chi connectivity index (χ1v) is 8.77. The van der Waals surface area contributed by atoms with Crippen LogP contribution in [0.5, 0.6) is 0 Å². The maximum Gasteiger partial charge on any atom is 0.303 e. The van der Waals surface area contributed by atoms with Gasteiger partial charge in [-0.25, -0.2) is 4.98 Å². The number of carboxylic acid groups (broad SMARTS) is 1. The van der Waals surface area contributed by atoms with Gasteiger partial charge in [0.05, 0.1) is 6.42 Å². The number of aromatic nitrogens is 1. The highest BCUT2D eigenvalue weighted by molar-refractivity contribution is 7.18. The van der Waals surface area contributed by atoms with Gasteiger partial charge in [-0.3, -0.25) is 4.79 Å². The van der Waals surface area contributed by atoms with Crippen LogP contribution in [0.25, 0.3) is 10.2 Å². The Morgan fingerprint density at radius 1 is 1.41 bits per heavy atom. The van der Waals surface area contributed by atoms with Gasteiger partial charge in [-0.05, 0) is 54.7 Å². The molecule has 2 heterocycles. The highest BCUT2D eigenvalue weighted by atomic mass is 32.1. The number of nitrogens with zero attached hydrogens (tertiary/aromatic N) is 1. The Labute approximate surface area is 135 Å². The van der Waals surface area contributed by atoms with Crippen LogP contribution < -0.4 is 0 Å². The van der Waals surface area contributed by atoms with Crippen molar-refractivity contribution in [2.24, 2.45) is 11.3 Å². The van der Waals surface area contributed by atoms with Crippen LogP contribution >= 0.6 is 11.3 Å². The molecule has 1 aliphatic carbocycles. The molecular formula is C18H23NO2S. The molecule has 0 aliphatic heterocycles. The van der Waals surface area contributed by atoms with Crippen molar-refractivity contribution in [3.8, 4) is 0 Å². The molecule has 0 aromatic carbocycles.